The summed E-state index contributed by atoms with van der Waals surface area (Å²) in [6.45, 7) is 9.07. The van der Waals surface area contributed by atoms with Crippen LogP contribution in [0.4, 0.5) is 9.59 Å². The van der Waals surface area contributed by atoms with E-state index in [2.05, 4.69) is 5.32 Å². The summed E-state index contributed by atoms with van der Waals surface area (Å²) in [7, 11) is 0. The van der Waals surface area contributed by atoms with E-state index in [1.165, 1.54) is 9.80 Å². The molecule has 3 amide bonds. The van der Waals surface area contributed by atoms with Crippen molar-refractivity contribution in [2.24, 2.45) is 0 Å². The number of amides is 3. The molecule has 0 saturated carbocycles. The van der Waals surface area contributed by atoms with Crippen molar-refractivity contribution in [3.8, 4) is 0 Å². The van der Waals surface area contributed by atoms with E-state index in [0.29, 0.717) is 19.4 Å². The molecule has 2 heterocycles. The molecule has 12 heteroatoms. The Labute approximate surface area is 235 Å². The Morgan fingerprint density at radius 1 is 1.07 bits per heavy atom. The summed E-state index contributed by atoms with van der Waals surface area (Å²) < 4.78 is 10.6. The summed E-state index contributed by atoms with van der Waals surface area (Å²) in [4.78, 5) is 55.7. The number of carbonyl (C=O) groups is 4. The van der Waals surface area contributed by atoms with Crippen molar-refractivity contribution < 1.29 is 33.8 Å². The van der Waals surface area contributed by atoms with E-state index in [9.17, 15) is 24.3 Å². The summed E-state index contributed by atoms with van der Waals surface area (Å²) in [6, 6.07) is 7.66. The third kappa shape index (κ3) is 8.41. The number of nitrogens with zero attached hydrogens (tertiary/aromatic N) is 3. The number of likely N-dealkylation sites (tertiary alicyclic amines) is 1. The van der Waals surface area contributed by atoms with Gasteiger partial charge in [0.2, 0.25) is 5.91 Å². The molecule has 0 bridgehead atoms. The minimum Gasteiger partial charge on any atom is -0.444 e. The second-order valence-corrected chi connectivity index (χ2v) is 11.4. The normalized spacial score (nSPS) is 21.9. The van der Waals surface area contributed by atoms with Crippen LogP contribution in [0.2, 0.25) is 0 Å². The summed E-state index contributed by atoms with van der Waals surface area (Å²) in [5, 5.41) is 21.0. The third-order valence-corrected chi connectivity index (χ3v) is 6.95. The average molecular weight is 560 g/mol. The maximum atomic E-state index is 13.1. The first kappa shape index (κ1) is 30.9. The number of aliphatic hydroxyl groups excluding tert-OH is 1. The number of amidine groups is 1. The largest absolute Gasteiger partial charge is 0.444 e. The molecule has 1 aromatic rings. The number of aliphatic hydroxyl groups is 1. The molecule has 3 N–H and O–H groups in total. The second kappa shape index (κ2) is 13.1. The second-order valence-electron chi connectivity index (χ2n) is 11.4. The fraction of sp³-hybridized carbons (Fsp3) is 0.607. The number of hydrogen-bond donors (Lipinski definition) is 3. The monoisotopic (exact) mass is 559 g/mol. The number of benzene rings is 1. The minimum atomic E-state index is -1.19. The lowest BCUT2D eigenvalue weighted by Gasteiger charge is -2.40. The molecule has 0 aromatic heterocycles. The number of esters is 1. The van der Waals surface area contributed by atoms with Gasteiger partial charge in [0.1, 0.15) is 11.7 Å². The lowest BCUT2D eigenvalue weighted by Crippen LogP contribution is -2.60. The van der Waals surface area contributed by atoms with Crippen LogP contribution in [0.15, 0.2) is 30.3 Å². The van der Waals surface area contributed by atoms with Gasteiger partial charge in [-0.3, -0.25) is 15.1 Å². The van der Waals surface area contributed by atoms with Gasteiger partial charge in [-0.25, -0.2) is 14.4 Å². The molecule has 220 valence electrons. The van der Waals surface area contributed by atoms with Gasteiger partial charge < -0.3 is 29.7 Å². The molecule has 0 radical (unpaired) electrons. The van der Waals surface area contributed by atoms with E-state index in [0.717, 1.165) is 5.56 Å². The standard InChI is InChI=1S/C28H41N5O7/c1-18-15-21(30-24(35)23(34)12-11-20-9-7-6-8-10-20)16-33(18)26(37)39-25(36)22-17-31(19(2)29)13-14-32(22)27(38)40-28(3,4)5/h6-10,18,21-23,29,34H,11-17H2,1-5H3,(H,30,35)/t18-,21-,22?,23-/m1/s1. The van der Waals surface area contributed by atoms with Crippen LogP contribution in [0, 0.1) is 5.41 Å². The van der Waals surface area contributed by atoms with Crippen LogP contribution in [0.5, 0.6) is 0 Å². The molecule has 1 aromatic carbocycles. The summed E-state index contributed by atoms with van der Waals surface area (Å²) in [5.74, 6) is -1.21. The molecule has 12 nitrogen and oxygen atoms in total. The van der Waals surface area contributed by atoms with Crippen LogP contribution in [-0.4, -0.2) is 106 Å². The van der Waals surface area contributed by atoms with Gasteiger partial charge in [-0.1, -0.05) is 30.3 Å². The Hall–Kier alpha value is -3.67. The van der Waals surface area contributed by atoms with Gasteiger partial charge in [-0.05, 0) is 59.4 Å². The van der Waals surface area contributed by atoms with Gasteiger partial charge in [0, 0.05) is 31.7 Å². The lowest BCUT2D eigenvalue weighted by atomic mass is 10.1. The molecular weight excluding hydrogens is 518 g/mol. The highest BCUT2D eigenvalue weighted by Crippen LogP contribution is 2.21. The van der Waals surface area contributed by atoms with Crippen molar-refractivity contribution >= 4 is 29.9 Å². The van der Waals surface area contributed by atoms with Gasteiger partial charge in [-0.15, -0.1) is 0 Å². The third-order valence-electron chi connectivity index (χ3n) is 6.95. The summed E-state index contributed by atoms with van der Waals surface area (Å²) >= 11 is 0. The average Bonchev–Trinajstić information content (AvgIpc) is 3.26. The fourth-order valence-corrected chi connectivity index (χ4v) is 4.81. The van der Waals surface area contributed by atoms with Gasteiger partial charge in [0.25, 0.3) is 0 Å². The highest BCUT2D eigenvalue weighted by Gasteiger charge is 2.42. The smallest absolute Gasteiger partial charge is 0.417 e. The maximum absolute atomic E-state index is 13.1. The number of piperazine rings is 1. The molecule has 2 saturated heterocycles. The number of rotatable bonds is 6. The zero-order valence-electron chi connectivity index (χ0n) is 23.9. The van der Waals surface area contributed by atoms with E-state index in [4.69, 9.17) is 14.9 Å². The van der Waals surface area contributed by atoms with Gasteiger partial charge in [-0.2, -0.15) is 0 Å². The quantitative estimate of drug-likeness (QED) is 0.207. The number of hydrogen-bond acceptors (Lipinski definition) is 8. The zero-order valence-corrected chi connectivity index (χ0v) is 23.9. The van der Waals surface area contributed by atoms with Gasteiger partial charge >= 0.3 is 18.2 Å². The van der Waals surface area contributed by atoms with E-state index in [-0.39, 0.29) is 37.9 Å². The molecule has 0 aliphatic carbocycles. The maximum Gasteiger partial charge on any atom is 0.417 e. The first-order valence-electron chi connectivity index (χ1n) is 13.6. The van der Waals surface area contributed by atoms with Crippen LogP contribution < -0.4 is 5.32 Å². The molecule has 2 aliphatic heterocycles. The lowest BCUT2D eigenvalue weighted by molar-refractivity contribution is -0.146. The van der Waals surface area contributed by atoms with Crippen LogP contribution in [-0.2, 0) is 25.5 Å². The first-order valence-corrected chi connectivity index (χ1v) is 13.6. The van der Waals surface area contributed by atoms with Crippen LogP contribution in [0.1, 0.15) is 53.0 Å². The van der Waals surface area contributed by atoms with Crippen LogP contribution in [0.25, 0.3) is 0 Å². The van der Waals surface area contributed by atoms with E-state index in [1.807, 2.05) is 30.3 Å². The Kier molecular flexibility index (Phi) is 10.1. The Balaban J connectivity index is 1.57. The molecule has 0 spiro atoms. The minimum absolute atomic E-state index is 0.00417. The van der Waals surface area contributed by atoms with Gasteiger partial charge in [0.15, 0.2) is 6.04 Å². The SMILES string of the molecule is CC(=N)N1CCN(C(=O)OC(C)(C)C)C(C(=O)OC(=O)N2C[C@H](NC(=O)[C@H](O)CCc3ccccc3)C[C@H]2C)C1. The Morgan fingerprint density at radius 3 is 2.38 bits per heavy atom. The Morgan fingerprint density at radius 2 is 1.75 bits per heavy atom. The first-order chi connectivity index (χ1) is 18.7. The Bertz CT molecular complexity index is 1090. The van der Waals surface area contributed by atoms with Crippen molar-refractivity contribution in [2.45, 2.75) is 83.7 Å². The predicted molar refractivity (Wildman–Crippen MR) is 147 cm³/mol. The number of carbonyl (C=O) groups excluding carboxylic acids is 4. The van der Waals surface area contributed by atoms with E-state index in [1.54, 1.807) is 39.5 Å². The molecular formula is C28H41N5O7. The van der Waals surface area contributed by atoms with Crippen molar-refractivity contribution in [2.75, 3.05) is 26.2 Å². The van der Waals surface area contributed by atoms with Gasteiger partial charge in [0.05, 0.1) is 12.4 Å². The van der Waals surface area contributed by atoms with Crippen molar-refractivity contribution in [1.29, 1.82) is 5.41 Å². The topological polar surface area (TPSA) is 153 Å². The molecule has 2 aliphatic rings. The number of nitrogens with one attached hydrogen (secondary N) is 2. The van der Waals surface area contributed by atoms with Crippen molar-refractivity contribution in [3.63, 3.8) is 0 Å². The van der Waals surface area contributed by atoms with Crippen molar-refractivity contribution in [3.05, 3.63) is 35.9 Å². The number of ether oxygens (including phenoxy) is 2. The highest BCUT2D eigenvalue weighted by molar-refractivity contribution is 5.91. The highest BCUT2D eigenvalue weighted by atomic mass is 16.6. The van der Waals surface area contributed by atoms with Crippen LogP contribution >= 0.6 is 0 Å². The zero-order chi connectivity index (χ0) is 29.6. The fourth-order valence-electron chi connectivity index (χ4n) is 4.81. The van der Waals surface area contributed by atoms with E-state index >= 15 is 0 Å². The van der Waals surface area contributed by atoms with E-state index < -0.39 is 47.9 Å². The predicted octanol–water partition coefficient (Wildman–Crippen LogP) is 2.14. The molecule has 1 unspecified atom stereocenters. The molecule has 4 atom stereocenters. The van der Waals surface area contributed by atoms with Crippen LogP contribution in [0.3, 0.4) is 0 Å². The summed E-state index contributed by atoms with van der Waals surface area (Å²) in [5.41, 5.74) is 0.236. The molecule has 3 rings (SSSR count). The summed E-state index contributed by atoms with van der Waals surface area (Å²) in [6.07, 6.45) is -1.54. The van der Waals surface area contributed by atoms with Crippen molar-refractivity contribution in [1.82, 2.24) is 20.0 Å². The number of aryl methyl sites for hydroxylation is 1. The molecule has 2 fully saturated rings. The molecule has 40 heavy (non-hydrogen) atoms.